The van der Waals surface area contributed by atoms with E-state index in [1.54, 1.807) is 50.7 Å². The first kappa shape index (κ1) is 15.6. The number of rotatable bonds is 4. The van der Waals surface area contributed by atoms with Gasteiger partial charge in [-0.15, -0.1) is 0 Å². The maximum atomic E-state index is 9.24. The zero-order chi connectivity index (χ0) is 17.1. The van der Waals surface area contributed by atoms with E-state index in [0.29, 0.717) is 28.5 Å². The molecule has 1 aromatic carbocycles. The molecule has 3 aromatic rings. The Morgan fingerprint density at radius 3 is 2.42 bits per heavy atom. The van der Waals surface area contributed by atoms with Crippen molar-refractivity contribution >= 4 is 10.9 Å². The first-order chi connectivity index (χ1) is 11.7. The first-order valence-corrected chi connectivity index (χ1v) is 7.22. The standard InChI is InChI=1S/C18H15N3O3/c1-11-4-5-16(14(10-19)21-11)24-15-6-7-20-13-9-18(23-3)17(22-2)8-12(13)15/h4-9H,1-3H3. The van der Waals surface area contributed by atoms with Crippen LogP contribution < -0.4 is 14.2 Å². The van der Waals surface area contributed by atoms with Gasteiger partial charge in [-0.3, -0.25) is 4.98 Å². The lowest BCUT2D eigenvalue weighted by atomic mass is 10.2. The van der Waals surface area contributed by atoms with Crippen molar-refractivity contribution in [2.45, 2.75) is 6.92 Å². The molecule has 0 aliphatic heterocycles. The van der Waals surface area contributed by atoms with Crippen LogP contribution in [0.5, 0.6) is 23.0 Å². The molecule has 0 unspecified atom stereocenters. The molecule has 0 fully saturated rings. The molecule has 0 saturated heterocycles. The van der Waals surface area contributed by atoms with Crippen molar-refractivity contribution in [2.75, 3.05) is 14.2 Å². The molecule has 0 spiro atoms. The largest absolute Gasteiger partial charge is 0.493 e. The number of methoxy groups -OCH3 is 2. The van der Waals surface area contributed by atoms with Crippen LogP contribution >= 0.6 is 0 Å². The Morgan fingerprint density at radius 2 is 1.71 bits per heavy atom. The summed E-state index contributed by atoms with van der Waals surface area (Å²) in [4.78, 5) is 8.51. The van der Waals surface area contributed by atoms with Gasteiger partial charge in [-0.1, -0.05) is 0 Å². The molecule has 0 bridgehead atoms. The van der Waals surface area contributed by atoms with Crippen LogP contribution in [0.3, 0.4) is 0 Å². The Balaban J connectivity index is 2.12. The van der Waals surface area contributed by atoms with Gasteiger partial charge in [-0.2, -0.15) is 5.26 Å². The first-order valence-electron chi connectivity index (χ1n) is 7.22. The van der Waals surface area contributed by atoms with Gasteiger partial charge in [0.25, 0.3) is 0 Å². The second kappa shape index (κ2) is 6.42. The summed E-state index contributed by atoms with van der Waals surface area (Å²) in [6, 6.07) is 10.9. The van der Waals surface area contributed by atoms with Crippen LogP contribution in [0, 0.1) is 18.3 Å². The minimum absolute atomic E-state index is 0.237. The molecular weight excluding hydrogens is 306 g/mol. The molecule has 120 valence electrons. The average molecular weight is 321 g/mol. The van der Waals surface area contributed by atoms with Crippen molar-refractivity contribution in [2.24, 2.45) is 0 Å². The highest BCUT2D eigenvalue weighted by Crippen LogP contribution is 2.37. The van der Waals surface area contributed by atoms with Crippen molar-refractivity contribution in [3.05, 3.63) is 47.9 Å². The molecule has 0 saturated carbocycles. The quantitative estimate of drug-likeness (QED) is 0.730. The number of hydrogen-bond acceptors (Lipinski definition) is 6. The number of nitrogens with zero attached hydrogens (tertiary/aromatic N) is 3. The molecule has 24 heavy (non-hydrogen) atoms. The normalized spacial score (nSPS) is 10.2. The topological polar surface area (TPSA) is 77.3 Å². The van der Waals surface area contributed by atoms with Gasteiger partial charge in [0.05, 0.1) is 19.7 Å². The predicted octanol–water partition coefficient (Wildman–Crippen LogP) is 3.62. The molecule has 0 aliphatic carbocycles. The lowest BCUT2D eigenvalue weighted by Gasteiger charge is -2.12. The van der Waals surface area contributed by atoms with Crippen molar-refractivity contribution in [1.29, 1.82) is 5.26 Å². The van der Waals surface area contributed by atoms with Gasteiger partial charge in [-0.25, -0.2) is 4.98 Å². The number of fused-ring (bicyclic) bond motifs is 1. The molecule has 0 amide bonds. The molecule has 0 radical (unpaired) electrons. The number of pyridine rings is 2. The second-order valence-corrected chi connectivity index (χ2v) is 5.05. The van der Waals surface area contributed by atoms with E-state index in [-0.39, 0.29) is 5.69 Å². The smallest absolute Gasteiger partial charge is 0.183 e. The van der Waals surface area contributed by atoms with Crippen LogP contribution in [0.4, 0.5) is 0 Å². The number of aromatic nitrogens is 2. The van der Waals surface area contributed by atoms with E-state index in [4.69, 9.17) is 14.2 Å². The minimum Gasteiger partial charge on any atom is -0.493 e. The summed E-state index contributed by atoms with van der Waals surface area (Å²) in [5, 5.41) is 9.99. The molecule has 0 aliphatic rings. The van der Waals surface area contributed by atoms with Crippen molar-refractivity contribution in [3.8, 4) is 29.1 Å². The zero-order valence-corrected chi connectivity index (χ0v) is 13.5. The van der Waals surface area contributed by atoms with Crippen LogP contribution in [0.15, 0.2) is 36.5 Å². The van der Waals surface area contributed by atoms with Crippen LogP contribution in [-0.4, -0.2) is 24.2 Å². The predicted molar refractivity (Wildman–Crippen MR) is 88.6 cm³/mol. The van der Waals surface area contributed by atoms with E-state index >= 15 is 0 Å². The number of ether oxygens (including phenoxy) is 3. The lowest BCUT2D eigenvalue weighted by Crippen LogP contribution is -1.96. The Hall–Kier alpha value is -3.33. The van der Waals surface area contributed by atoms with Crippen LogP contribution in [0.1, 0.15) is 11.4 Å². The highest BCUT2D eigenvalue weighted by molar-refractivity contribution is 5.88. The summed E-state index contributed by atoms with van der Waals surface area (Å²) in [5.41, 5.74) is 1.69. The Bertz CT molecular complexity index is 948. The Labute approximate surface area is 139 Å². The van der Waals surface area contributed by atoms with Crippen LogP contribution in [0.2, 0.25) is 0 Å². The monoisotopic (exact) mass is 321 g/mol. The minimum atomic E-state index is 0.237. The molecule has 2 aromatic heterocycles. The zero-order valence-electron chi connectivity index (χ0n) is 13.5. The van der Waals surface area contributed by atoms with E-state index in [9.17, 15) is 5.26 Å². The van der Waals surface area contributed by atoms with E-state index in [0.717, 1.165) is 11.1 Å². The molecule has 0 N–H and O–H groups in total. The highest BCUT2D eigenvalue weighted by atomic mass is 16.5. The summed E-state index contributed by atoms with van der Waals surface area (Å²) in [6.45, 7) is 1.82. The summed E-state index contributed by atoms with van der Waals surface area (Å²) in [7, 11) is 3.14. The second-order valence-electron chi connectivity index (χ2n) is 5.05. The van der Waals surface area contributed by atoms with Crippen LogP contribution in [0.25, 0.3) is 10.9 Å². The van der Waals surface area contributed by atoms with E-state index in [2.05, 4.69) is 9.97 Å². The molecular formula is C18H15N3O3. The van der Waals surface area contributed by atoms with Crippen molar-refractivity contribution < 1.29 is 14.2 Å². The van der Waals surface area contributed by atoms with Gasteiger partial charge in [0.1, 0.15) is 11.8 Å². The SMILES string of the molecule is COc1cc2nccc(Oc3ccc(C)nc3C#N)c2cc1OC. The van der Waals surface area contributed by atoms with Gasteiger partial charge in [0, 0.05) is 23.3 Å². The fourth-order valence-corrected chi connectivity index (χ4v) is 2.36. The van der Waals surface area contributed by atoms with Gasteiger partial charge in [0.15, 0.2) is 22.9 Å². The molecule has 3 rings (SSSR count). The number of benzene rings is 1. The van der Waals surface area contributed by atoms with Gasteiger partial charge in [0.2, 0.25) is 0 Å². The van der Waals surface area contributed by atoms with Crippen molar-refractivity contribution in [3.63, 3.8) is 0 Å². The molecule has 0 atom stereocenters. The average Bonchev–Trinajstić information content (AvgIpc) is 2.62. The summed E-state index contributed by atoms with van der Waals surface area (Å²) < 4.78 is 16.6. The van der Waals surface area contributed by atoms with Gasteiger partial charge < -0.3 is 14.2 Å². The molecule has 6 heteroatoms. The Morgan fingerprint density at radius 1 is 0.958 bits per heavy atom. The third-order valence-electron chi connectivity index (χ3n) is 3.53. The van der Waals surface area contributed by atoms with Crippen LogP contribution in [-0.2, 0) is 0 Å². The summed E-state index contributed by atoms with van der Waals surface area (Å²) in [6.07, 6.45) is 1.64. The van der Waals surface area contributed by atoms with Crippen molar-refractivity contribution in [1.82, 2.24) is 9.97 Å². The number of nitriles is 1. The fourth-order valence-electron chi connectivity index (χ4n) is 2.36. The lowest BCUT2D eigenvalue weighted by molar-refractivity contribution is 0.355. The number of aryl methyl sites for hydroxylation is 1. The third-order valence-corrected chi connectivity index (χ3v) is 3.53. The van der Waals surface area contributed by atoms with E-state index in [1.165, 1.54) is 0 Å². The maximum absolute atomic E-state index is 9.24. The van der Waals surface area contributed by atoms with E-state index in [1.807, 2.05) is 13.0 Å². The maximum Gasteiger partial charge on any atom is 0.183 e. The highest BCUT2D eigenvalue weighted by Gasteiger charge is 2.13. The van der Waals surface area contributed by atoms with Gasteiger partial charge in [-0.05, 0) is 31.2 Å². The summed E-state index contributed by atoms with van der Waals surface area (Å²) in [5.74, 6) is 2.11. The Kier molecular flexibility index (Phi) is 4.17. The summed E-state index contributed by atoms with van der Waals surface area (Å²) >= 11 is 0. The molecule has 6 nitrogen and oxygen atoms in total. The fraction of sp³-hybridized carbons (Fsp3) is 0.167. The molecule has 2 heterocycles. The number of hydrogen-bond donors (Lipinski definition) is 0. The van der Waals surface area contributed by atoms with E-state index < -0.39 is 0 Å². The third kappa shape index (κ3) is 2.79. The van der Waals surface area contributed by atoms with Gasteiger partial charge >= 0.3 is 0 Å².